The zero-order valence-corrected chi connectivity index (χ0v) is 28.8. The summed E-state index contributed by atoms with van der Waals surface area (Å²) in [7, 11) is 0. The molecule has 0 bridgehead atoms. The topological polar surface area (TPSA) is 259 Å². The predicted octanol–water partition coefficient (Wildman–Crippen LogP) is 2.09. The normalized spacial score (nSPS) is 12.2. The van der Waals surface area contributed by atoms with Gasteiger partial charge in [0.2, 0.25) is 23.6 Å². The number of allylic oxidation sites excluding steroid dienone is 2. The largest absolute Gasteiger partial charge is 0.370 e. The Bertz CT molecular complexity index is 963. The van der Waals surface area contributed by atoms with Gasteiger partial charge in [0.05, 0.1) is 0 Å². The maximum Gasteiger partial charge on any atom is 0.243 e. The number of amides is 4. The van der Waals surface area contributed by atoms with E-state index in [9.17, 15) is 19.2 Å². The van der Waals surface area contributed by atoms with Gasteiger partial charge in [-0.2, -0.15) is 0 Å². The predicted molar refractivity (Wildman–Crippen MR) is 190 cm³/mol. The van der Waals surface area contributed by atoms with E-state index in [4.69, 9.17) is 28.7 Å². The Balaban J connectivity index is 4.38. The highest BCUT2D eigenvalue weighted by Crippen LogP contribution is 2.10. The van der Waals surface area contributed by atoms with Crippen LogP contribution in [0.3, 0.4) is 0 Å². The van der Waals surface area contributed by atoms with Crippen molar-refractivity contribution >= 4 is 35.5 Å². The number of nitrogens with zero attached hydrogens (tertiary/aromatic N) is 2. The molecule has 0 aromatic rings. The average molecular weight is 665 g/mol. The Morgan fingerprint density at radius 1 is 0.596 bits per heavy atom. The van der Waals surface area contributed by atoms with Crippen LogP contribution in [0, 0.1) is 0 Å². The molecule has 0 unspecified atom stereocenters. The second-order valence-corrected chi connectivity index (χ2v) is 11.9. The van der Waals surface area contributed by atoms with E-state index in [1.807, 2.05) is 0 Å². The van der Waals surface area contributed by atoms with Crippen molar-refractivity contribution in [3.05, 3.63) is 12.2 Å². The number of nitrogens with two attached hydrogens (primary N) is 5. The molecular weight excluding hydrogens is 600 g/mol. The highest BCUT2D eigenvalue weighted by atomic mass is 16.2. The summed E-state index contributed by atoms with van der Waals surface area (Å²) < 4.78 is 0. The first-order valence-electron chi connectivity index (χ1n) is 17.5. The molecule has 0 saturated carbocycles. The van der Waals surface area contributed by atoms with E-state index < -0.39 is 29.8 Å². The molecule has 0 aliphatic carbocycles. The number of guanidine groups is 2. The zero-order valence-electron chi connectivity index (χ0n) is 28.8. The summed E-state index contributed by atoms with van der Waals surface area (Å²) in [5, 5.41) is 8.05. The third kappa shape index (κ3) is 28.1. The lowest BCUT2D eigenvalue weighted by Gasteiger charge is -2.22. The molecule has 0 aromatic carbocycles. The van der Waals surface area contributed by atoms with Gasteiger partial charge in [0.1, 0.15) is 12.1 Å². The SMILES string of the molecule is CCCCCCCC/C=C\CCCCCCCC(=O)NCCC(=O)N[C@@H](CCCN=C(N)N)C(=O)N[C@@H](CCCN=C(N)N)C(N)=O. The van der Waals surface area contributed by atoms with E-state index >= 15 is 0 Å². The Labute approximate surface area is 282 Å². The van der Waals surface area contributed by atoms with Gasteiger partial charge >= 0.3 is 0 Å². The summed E-state index contributed by atoms with van der Waals surface area (Å²) in [5.41, 5.74) is 26.8. The quantitative estimate of drug-likeness (QED) is 0.0243. The number of hydrogen-bond donors (Lipinski definition) is 8. The van der Waals surface area contributed by atoms with Crippen LogP contribution in [0.1, 0.15) is 129 Å². The standard InChI is InChI=1S/C33H64N10O4/c1-2-3-4-5-6-7-8-9-10-11-12-13-14-15-16-21-28(44)39-25-22-29(45)42-27(20-18-24-41-33(37)38)31(47)43-26(30(34)46)19-17-23-40-32(35)36/h9-10,26-27H,2-8,11-25H2,1H3,(H2,34,46)(H,39,44)(H,42,45)(H,43,47)(H4,35,36,40)(H4,37,38,41)/b10-9-/t26-,27-/m0/s1. The summed E-state index contributed by atoms with van der Waals surface area (Å²) in [6.07, 6.45) is 21.7. The van der Waals surface area contributed by atoms with E-state index in [1.54, 1.807) is 0 Å². The molecule has 0 spiro atoms. The van der Waals surface area contributed by atoms with Gasteiger partial charge in [-0.05, 0) is 57.8 Å². The number of carbonyl (C=O) groups is 4. The molecule has 270 valence electrons. The van der Waals surface area contributed by atoms with E-state index in [1.165, 1.54) is 51.4 Å². The third-order valence-corrected chi connectivity index (χ3v) is 7.54. The molecule has 0 aromatic heterocycles. The number of aliphatic imine (C=N–C) groups is 2. The van der Waals surface area contributed by atoms with Gasteiger partial charge < -0.3 is 44.6 Å². The highest BCUT2D eigenvalue weighted by molar-refractivity contribution is 5.91. The van der Waals surface area contributed by atoms with Crippen molar-refractivity contribution in [2.45, 2.75) is 141 Å². The van der Waals surface area contributed by atoms with Crippen molar-refractivity contribution in [1.82, 2.24) is 16.0 Å². The number of primary amides is 1. The second-order valence-electron chi connectivity index (χ2n) is 11.9. The summed E-state index contributed by atoms with van der Waals surface area (Å²) in [5.74, 6) is -1.97. The molecule has 0 heterocycles. The van der Waals surface area contributed by atoms with Crippen LogP contribution in [0.5, 0.6) is 0 Å². The van der Waals surface area contributed by atoms with Crippen LogP contribution in [0.25, 0.3) is 0 Å². The summed E-state index contributed by atoms with van der Waals surface area (Å²) in [4.78, 5) is 57.5. The van der Waals surface area contributed by atoms with Crippen LogP contribution in [-0.4, -0.2) is 67.3 Å². The molecule has 14 heteroatoms. The number of nitrogens with one attached hydrogen (secondary N) is 3. The molecule has 0 fully saturated rings. The highest BCUT2D eigenvalue weighted by Gasteiger charge is 2.25. The van der Waals surface area contributed by atoms with E-state index in [2.05, 4.69) is 45.0 Å². The van der Waals surface area contributed by atoms with Crippen LogP contribution in [0.4, 0.5) is 0 Å². The monoisotopic (exact) mass is 665 g/mol. The van der Waals surface area contributed by atoms with Gasteiger partial charge in [-0.1, -0.05) is 70.4 Å². The molecule has 47 heavy (non-hydrogen) atoms. The van der Waals surface area contributed by atoms with Crippen LogP contribution >= 0.6 is 0 Å². The Kier molecular flexibility index (Phi) is 27.1. The fourth-order valence-electron chi connectivity index (χ4n) is 4.86. The van der Waals surface area contributed by atoms with Gasteiger partial charge in [0.25, 0.3) is 0 Å². The first-order chi connectivity index (χ1) is 22.6. The van der Waals surface area contributed by atoms with Crippen LogP contribution < -0.4 is 44.6 Å². The van der Waals surface area contributed by atoms with Crippen molar-refractivity contribution in [2.75, 3.05) is 19.6 Å². The first kappa shape index (κ1) is 43.2. The molecule has 0 saturated heterocycles. The first-order valence-corrected chi connectivity index (χ1v) is 17.5. The molecule has 0 aliphatic heterocycles. The number of rotatable bonds is 30. The molecule has 0 radical (unpaired) electrons. The lowest BCUT2D eigenvalue weighted by atomic mass is 10.1. The van der Waals surface area contributed by atoms with Crippen molar-refractivity contribution < 1.29 is 19.2 Å². The maximum atomic E-state index is 13.0. The molecular formula is C33H64N10O4. The number of hydrogen-bond acceptors (Lipinski definition) is 6. The van der Waals surface area contributed by atoms with Crippen molar-refractivity contribution in [2.24, 2.45) is 38.7 Å². The van der Waals surface area contributed by atoms with Gasteiger partial charge in [-0.25, -0.2) is 0 Å². The van der Waals surface area contributed by atoms with Crippen molar-refractivity contribution in [1.29, 1.82) is 0 Å². The van der Waals surface area contributed by atoms with Gasteiger partial charge in [0, 0.05) is 32.5 Å². The molecule has 13 N–H and O–H groups in total. The number of unbranched alkanes of at least 4 members (excludes halogenated alkanes) is 11. The third-order valence-electron chi connectivity index (χ3n) is 7.54. The minimum Gasteiger partial charge on any atom is -0.370 e. The minimum absolute atomic E-state index is 0.00639. The molecule has 14 nitrogen and oxygen atoms in total. The Hall–Kier alpha value is -3.84. The van der Waals surface area contributed by atoms with E-state index in [0.29, 0.717) is 19.3 Å². The van der Waals surface area contributed by atoms with Gasteiger partial charge in [-0.3, -0.25) is 29.2 Å². The van der Waals surface area contributed by atoms with Gasteiger partial charge in [0.15, 0.2) is 11.9 Å². The maximum absolute atomic E-state index is 13.0. The van der Waals surface area contributed by atoms with Gasteiger partial charge in [-0.15, -0.1) is 0 Å². The minimum atomic E-state index is -0.968. The van der Waals surface area contributed by atoms with E-state index in [-0.39, 0.29) is 56.7 Å². The summed E-state index contributed by atoms with van der Waals surface area (Å²) >= 11 is 0. The lowest BCUT2D eigenvalue weighted by Crippen LogP contribution is -2.53. The summed E-state index contributed by atoms with van der Waals surface area (Å²) in [6.45, 7) is 2.91. The lowest BCUT2D eigenvalue weighted by molar-refractivity contribution is -0.131. The molecule has 0 rings (SSSR count). The van der Waals surface area contributed by atoms with Crippen molar-refractivity contribution in [3.8, 4) is 0 Å². The average Bonchev–Trinajstić information content (AvgIpc) is 3.01. The van der Waals surface area contributed by atoms with E-state index in [0.717, 1.165) is 32.1 Å². The smallest absolute Gasteiger partial charge is 0.243 e. The van der Waals surface area contributed by atoms with Crippen LogP contribution in [0.2, 0.25) is 0 Å². The molecule has 2 atom stereocenters. The van der Waals surface area contributed by atoms with Crippen molar-refractivity contribution in [3.63, 3.8) is 0 Å². The molecule has 4 amide bonds. The van der Waals surface area contributed by atoms with Crippen LogP contribution in [0.15, 0.2) is 22.1 Å². The van der Waals surface area contributed by atoms with Crippen LogP contribution in [-0.2, 0) is 19.2 Å². The zero-order chi connectivity index (χ0) is 35.1. The summed E-state index contributed by atoms with van der Waals surface area (Å²) in [6, 6.07) is -1.92. The Morgan fingerprint density at radius 3 is 1.64 bits per heavy atom. The Morgan fingerprint density at radius 2 is 1.11 bits per heavy atom. The fraction of sp³-hybridized carbons (Fsp3) is 0.758. The molecule has 0 aliphatic rings. The fourth-order valence-corrected chi connectivity index (χ4v) is 4.86. The number of carbonyl (C=O) groups excluding carboxylic acids is 4. The second kappa shape index (κ2) is 29.6.